The number of nitrogens with zero attached hydrogens (tertiary/aromatic N) is 1. The van der Waals surface area contributed by atoms with Gasteiger partial charge in [-0.15, -0.1) is 0 Å². The molecule has 0 unspecified atom stereocenters. The number of nitrogens with one attached hydrogen (secondary N) is 2. The van der Waals surface area contributed by atoms with Crippen LogP contribution >= 0.6 is 0 Å². The lowest BCUT2D eigenvalue weighted by molar-refractivity contribution is -0.129. The average Bonchev–Trinajstić information content (AvgIpc) is 3.08. The lowest BCUT2D eigenvalue weighted by Gasteiger charge is -2.17. The Hall–Kier alpha value is -3.15. The second-order valence-corrected chi connectivity index (χ2v) is 7.44. The van der Waals surface area contributed by atoms with Crippen LogP contribution in [0.3, 0.4) is 0 Å². The van der Waals surface area contributed by atoms with Crippen LogP contribution in [0.5, 0.6) is 0 Å². The number of carbonyl (C=O) groups excluding carboxylic acids is 3. The maximum Gasteiger partial charge on any atom is 0.243 e. The fraction of sp³-hybridized carbons (Fsp3) is 0.348. The smallest absolute Gasteiger partial charge is 0.243 e. The quantitative estimate of drug-likeness (QED) is 0.759. The van der Waals surface area contributed by atoms with Crippen molar-refractivity contribution in [3.63, 3.8) is 0 Å². The van der Waals surface area contributed by atoms with E-state index in [0.29, 0.717) is 13.1 Å². The third-order valence-electron chi connectivity index (χ3n) is 5.17. The van der Waals surface area contributed by atoms with Crippen molar-refractivity contribution in [1.29, 1.82) is 0 Å². The molecule has 2 aromatic rings. The monoisotopic (exact) mass is 393 g/mol. The lowest BCUT2D eigenvalue weighted by atomic mass is 10.1. The molecule has 0 aliphatic carbocycles. The van der Waals surface area contributed by atoms with Crippen LogP contribution < -0.4 is 10.6 Å². The number of hydrogen-bond acceptors (Lipinski definition) is 3. The van der Waals surface area contributed by atoms with Crippen molar-refractivity contribution in [3.05, 3.63) is 65.2 Å². The van der Waals surface area contributed by atoms with Gasteiger partial charge in [0.2, 0.25) is 17.7 Å². The van der Waals surface area contributed by atoms with E-state index in [0.717, 1.165) is 23.2 Å². The van der Waals surface area contributed by atoms with Crippen LogP contribution in [0.1, 0.15) is 30.0 Å². The zero-order valence-electron chi connectivity index (χ0n) is 16.9. The van der Waals surface area contributed by atoms with Gasteiger partial charge in [0.25, 0.3) is 0 Å². The molecule has 1 fully saturated rings. The molecule has 2 N–H and O–H groups in total. The van der Waals surface area contributed by atoms with E-state index in [-0.39, 0.29) is 30.7 Å². The summed E-state index contributed by atoms with van der Waals surface area (Å²) >= 11 is 0. The molecule has 0 spiro atoms. The minimum atomic E-state index is -0.427. The Labute approximate surface area is 171 Å². The molecule has 1 heterocycles. The van der Waals surface area contributed by atoms with Crippen LogP contribution in [0.25, 0.3) is 0 Å². The molecule has 3 amide bonds. The van der Waals surface area contributed by atoms with Crippen molar-refractivity contribution < 1.29 is 14.4 Å². The van der Waals surface area contributed by atoms with E-state index in [4.69, 9.17) is 0 Å². The first-order valence-electron chi connectivity index (χ1n) is 9.95. The van der Waals surface area contributed by atoms with Crippen LogP contribution in [0.4, 0.5) is 5.69 Å². The number of benzene rings is 2. The summed E-state index contributed by atoms with van der Waals surface area (Å²) in [6, 6.07) is 15.6. The summed E-state index contributed by atoms with van der Waals surface area (Å²) in [6.07, 6.45) is 0.988. The summed E-state index contributed by atoms with van der Waals surface area (Å²) in [5.41, 5.74) is 4.01. The molecular weight excluding hydrogens is 366 g/mol. The van der Waals surface area contributed by atoms with Crippen molar-refractivity contribution >= 4 is 23.4 Å². The summed E-state index contributed by atoms with van der Waals surface area (Å²) in [5.74, 6) is -1.00. The molecule has 1 saturated heterocycles. The predicted octanol–water partition coefficient (Wildman–Crippen LogP) is 2.66. The van der Waals surface area contributed by atoms with Gasteiger partial charge in [0.15, 0.2) is 0 Å². The lowest BCUT2D eigenvalue weighted by Crippen LogP contribution is -2.38. The number of carbonyl (C=O) groups is 3. The molecule has 3 rings (SSSR count). The van der Waals surface area contributed by atoms with Gasteiger partial charge in [0.05, 0.1) is 12.5 Å². The normalized spacial score (nSPS) is 16.0. The number of anilines is 1. The fourth-order valence-corrected chi connectivity index (χ4v) is 3.47. The van der Waals surface area contributed by atoms with E-state index in [2.05, 4.69) is 10.6 Å². The highest BCUT2D eigenvalue weighted by molar-refractivity contribution is 5.96. The first-order chi connectivity index (χ1) is 14.0. The summed E-state index contributed by atoms with van der Waals surface area (Å²) in [6.45, 7) is 4.80. The Morgan fingerprint density at radius 1 is 1.10 bits per heavy atom. The number of para-hydroxylation sites is 1. The largest absolute Gasteiger partial charge is 0.347 e. The van der Waals surface area contributed by atoms with Crippen LogP contribution in [0.15, 0.2) is 48.5 Å². The minimum Gasteiger partial charge on any atom is -0.347 e. The van der Waals surface area contributed by atoms with E-state index < -0.39 is 5.92 Å². The Kier molecular flexibility index (Phi) is 6.65. The van der Waals surface area contributed by atoms with Gasteiger partial charge in [0, 0.05) is 25.2 Å². The first kappa shape index (κ1) is 20.6. The highest BCUT2D eigenvalue weighted by Gasteiger charge is 2.34. The fourth-order valence-electron chi connectivity index (χ4n) is 3.47. The highest BCUT2D eigenvalue weighted by Crippen LogP contribution is 2.21. The van der Waals surface area contributed by atoms with Gasteiger partial charge in [-0.25, -0.2) is 0 Å². The van der Waals surface area contributed by atoms with E-state index in [1.807, 2.05) is 62.4 Å². The van der Waals surface area contributed by atoms with Gasteiger partial charge in [-0.05, 0) is 30.5 Å². The molecule has 1 aliphatic heterocycles. The third-order valence-corrected chi connectivity index (χ3v) is 5.17. The number of rotatable bonds is 7. The minimum absolute atomic E-state index is 0.0351. The first-order valence-corrected chi connectivity index (χ1v) is 9.95. The van der Waals surface area contributed by atoms with Gasteiger partial charge in [-0.3, -0.25) is 14.4 Å². The molecule has 0 radical (unpaired) electrons. The number of hydrogen-bond donors (Lipinski definition) is 2. The van der Waals surface area contributed by atoms with Gasteiger partial charge in [-0.2, -0.15) is 0 Å². The van der Waals surface area contributed by atoms with Crippen molar-refractivity contribution in [2.45, 2.75) is 33.2 Å². The summed E-state index contributed by atoms with van der Waals surface area (Å²) in [7, 11) is 0. The number of amides is 3. The maximum absolute atomic E-state index is 12.4. The highest BCUT2D eigenvalue weighted by atomic mass is 16.2. The SMILES string of the molecule is CCc1ccccc1NC(=O)CNC(=O)[C@@H]1CC(=O)N(Cc2ccc(C)cc2)C1. The molecule has 1 aliphatic rings. The molecule has 2 aromatic carbocycles. The summed E-state index contributed by atoms with van der Waals surface area (Å²) in [5, 5.41) is 5.50. The standard InChI is InChI=1S/C23H27N3O3/c1-3-18-6-4-5-7-20(18)25-21(27)13-24-23(29)19-12-22(28)26(15-19)14-17-10-8-16(2)9-11-17/h4-11,19H,3,12-15H2,1-2H3,(H,24,29)(H,25,27)/t19-/m1/s1. The zero-order valence-corrected chi connectivity index (χ0v) is 16.9. The van der Waals surface area contributed by atoms with E-state index >= 15 is 0 Å². The summed E-state index contributed by atoms with van der Waals surface area (Å²) in [4.78, 5) is 38.6. The Bertz CT molecular complexity index is 892. The van der Waals surface area contributed by atoms with E-state index in [9.17, 15) is 14.4 Å². The van der Waals surface area contributed by atoms with E-state index in [1.54, 1.807) is 4.90 Å². The topological polar surface area (TPSA) is 78.5 Å². The number of aryl methyl sites for hydroxylation is 2. The molecule has 0 saturated carbocycles. The third kappa shape index (κ3) is 5.44. The zero-order chi connectivity index (χ0) is 20.8. The van der Waals surface area contributed by atoms with Gasteiger partial charge >= 0.3 is 0 Å². The molecule has 0 bridgehead atoms. The molecule has 1 atom stereocenters. The maximum atomic E-state index is 12.4. The predicted molar refractivity (Wildman–Crippen MR) is 112 cm³/mol. The van der Waals surface area contributed by atoms with Crippen molar-refractivity contribution in [2.75, 3.05) is 18.4 Å². The van der Waals surface area contributed by atoms with Crippen LogP contribution in [0.2, 0.25) is 0 Å². The van der Waals surface area contributed by atoms with Crippen molar-refractivity contribution in [1.82, 2.24) is 10.2 Å². The molecule has 6 nitrogen and oxygen atoms in total. The Balaban J connectivity index is 1.48. The second kappa shape index (κ2) is 9.37. The van der Waals surface area contributed by atoms with Gasteiger partial charge in [-0.1, -0.05) is 55.0 Å². The van der Waals surface area contributed by atoms with Crippen molar-refractivity contribution in [3.8, 4) is 0 Å². The van der Waals surface area contributed by atoms with E-state index in [1.165, 1.54) is 5.56 Å². The van der Waals surface area contributed by atoms with Crippen LogP contribution in [-0.4, -0.2) is 35.7 Å². The molecule has 0 aromatic heterocycles. The Morgan fingerprint density at radius 3 is 2.55 bits per heavy atom. The molecular formula is C23H27N3O3. The second-order valence-electron chi connectivity index (χ2n) is 7.44. The molecule has 6 heteroatoms. The summed E-state index contributed by atoms with van der Waals surface area (Å²) < 4.78 is 0. The average molecular weight is 393 g/mol. The number of likely N-dealkylation sites (tertiary alicyclic amines) is 1. The van der Waals surface area contributed by atoms with Gasteiger partial charge in [0.1, 0.15) is 0 Å². The van der Waals surface area contributed by atoms with Crippen LogP contribution in [0, 0.1) is 12.8 Å². The molecule has 29 heavy (non-hydrogen) atoms. The van der Waals surface area contributed by atoms with Crippen molar-refractivity contribution in [2.24, 2.45) is 5.92 Å². The molecule has 152 valence electrons. The van der Waals surface area contributed by atoms with Crippen LogP contribution in [-0.2, 0) is 27.3 Å². The Morgan fingerprint density at radius 2 is 1.83 bits per heavy atom. The van der Waals surface area contributed by atoms with Gasteiger partial charge < -0.3 is 15.5 Å².